The quantitative estimate of drug-likeness (QED) is 0.689. The molecule has 3 N–H and O–H groups in total. The van der Waals surface area contributed by atoms with Gasteiger partial charge < -0.3 is 15.8 Å². The first-order chi connectivity index (χ1) is 13.4. The van der Waals surface area contributed by atoms with E-state index in [-0.39, 0.29) is 5.91 Å². The van der Waals surface area contributed by atoms with E-state index in [2.05, 4.69) is 10.3 Å². The van der Waals surface area contributed by atoms with Crippen molar-refractivity contribution >= 4 is 11.8 Å². The first-order valence-corrected chi connectivity index (χ1v) is 8.80. The molecule has 6 heteroatoms. The van der Waals surface area contributed by atoms with E-state index in [9.17, 15) is 9.59 Å². The molecule has 6 nitrogen and oxygen atoms in total. The molecular weight excluding hydrogens is 354 g/mol. The second-order valence-electron chi connectivity index (χ2n) is 6.50. The summed E-state index contributed by atoms with van der Waals surface area (Å²) in [5.41, 5.74) is 9.00. The summed E-state index contributed by atoms with van der Waals surface area (Å²) >= 11 is 0. The fourth-order valence-electron chi connectivity index (χ4n) is 2.58. The average molecular weight is 375 g/mol. The summed E-state index contributed by atoms with van der Waals surface area (Å²) in [6.45, 7) is 4.31. The van der Waals surface area contributed by atoms with Crippen LogP contribution in [0.15, 0.2) is 60.8 Å². The summed E-state index contributed by atoms with van der Waals surface area (Å²) in [4.78, 5) is 27.6. The number of nitrogens with two attached hydrogens (primary N) is 1. The zero-order chi connectivity index (χ0) is 20.1. The van der Waals surface area contributed by atoms with E-state index in [0.29, 0.717) is 23.6 Å². The topological polar surface area (TPSA) is 94.3 Å². The lowest BCUT2D eigenvalue weighted by molar-refractivity contribution is 0.0948. The number of aromatic nitrogens is 1. The van der Waals surface area contributed by atoms with Gasteiger partial charge in [-0.15, -0.1) is 0 Å². The molecule has 0 aliphatic rings. The van der Waals surface area contributed by atoms with Crippen LogP contribution in [0.4, 0.5) is 0 Å². The average Bonchev–Trinajstić information content (AvgIpc) is 2.70. The Morgan fingerprint density at radius 3 is 2.36 bits per heavy atom. The van der Waals surface area contributed by atoms with Gasteiger partial charge in [0.15, 0.2) is 0 Å². The molecule has 0 atom stereocenters. The van der Waals surface area contributed by atoms with Crippen LogP contribution in [0.3, 0.4) is 0 Å². The van der Waals surface area contributed by atoms with Crippen molar-refractivity contribution in [2.75, 3.05) is 0 Å². The minimum Gasteiger partial charge on any atom is -0.439 e. The molecule has 0 spiro atoms. The standard InChI is InChI=1S/C22H21N3O3/c1-14-3-4-15(2)19(11-14)28-20-10-5-16(12-24-20)13-25-22(27)18-8-6-17(7-9-18)21(23)26/h3-12H,13H2,1-2H3,(H2,23,26)(H,25,27). The van der Waals surface area contributed by atoms with Crippen LogP contribution in [0, 0.1) is 13.8 Å². The first kappa shape index (κ1) is 19.1. The Hall–Kier alpha value is -3.67. The number of amides is 2. The number of nitrogens with zero attached hydrogens (tertiary/aromatic N) is 1. The molecule has 142 valence electrons. The summed E-state index contributed by atoms with van der Waals surface area (Å²) in [6.07, 6.45) is 1.66. The summed E-state index contributed by atoms with van der Waals surface area (Å²) in [6, 6.07) is 15.8. The van der Waals surface area contributed by atoms with Crippen molar-refractivity contribution in [1.82, 2.24) is 10.3 Å². The largest absolute Gasteiger partial charge is 0.439 e. The fraction of sp³-hybridized carbons (Fsp3) is 0.136. The van der Waals surface area contributed by atoms with E-state index >= 15 is 0 Å². The van der Waals surface area contributed by atoms with Gasteiger partial charge in [0.1, 0.15) is 5.75 Å². The molecule has 0 unspecified atom stereocenters. The van der Waals surface area contributed by atoms with Crippen molar-refractivity contribution in [3.05, 3.63) is 88.6 Å². The van der Waals surface area contributed by atoms with Crippen molar-refractivity contribution in [1.29, 1.82) is 0 Å². The second-order valence-corrected chi connectivity index (χ2v) is 6.50. The van der Waals surface area contributed by atoms with E-state index < -0.39 is 5.91 Å². The minimum atomic E-state index is -0.527. The first-order valence-electron chi connectivity index (χ1n) is 8.80. The zero-order valence-corrected chi connectivity index (χ0v) is 15.7. The smallest absolute Gasteiger partial charge is 0.251 e. The SMILES string of the molecule is Cc1ccc(C)c(Oc2ccc(CNC(=O)c3ccc(C(N)=O)cc3)cn2)c1. The highest BCUT2D eigenvalue weighted by molar-refractivity contribution is 5.97. The predicted molar refractivity (Wildman–Crippen MR) is 106 cm³/mol. The van der Waals surface area contributed by atoms with Crippen LogP contribution in [-0.2, 0) is 6.54 Å². The van der Waals surface area contributed by atoms with Gasteiger partial charge in [0.25, 0.3) is 5.91 Å². The molecule has 1 aromatic heterocycles. The number of carbonyl (C=O) groups excluding carboxylic acids is 2. The lowest BCUT2D eigenvalue weighted by Crippen LogP contribution is -2.23. The van der Waals surface area contributed by atoms with Gasteiger partial charge in [-0.05, 0) is 60.9 Å². The molecule has 2 amide bonds. The third-order valence-electron chi connectivity index (χ3n) is 4.24. The number of hydrogen-bond donors (Lipinski definition) is 2. The van der Waals surface area contributed by atoms with Crippen LogP contribution >= 0.6 is 0 Å². The van der Waals surface area contributed by atoms with Gasteiger partial charge in [0.05, 0.1) is 0 Å². The molecule has 0 saturated heterocycles. The number of primary amides is 1. The van der Waals surface area contributed by atoms with E-state index in [1.807, 2.05) is 38.1 Å². The van der Waals surface area contributed by atoms with Crippen molar-refractivity contribution in [2.45, 2.75) is 20.4 Å². The highest BCUT2D eigenvalue weighted by Crippen LogP contribution is 2.24. The monoisotopic (exact) mass is 375 g/mol. The zero-order valence-electron chi connectivity index (χ0n) is 15.7. The molecule has 2 aromatic carbocycles. The van der Waals surface area contributed by atoms with E-state index in [0.717, 1.165) is 22.4 Å². The number of hydrogen-bond acceptors (Lipinski definition) is 4. The number of nitrogens with one attached hydrogen (secondary N) is 1. The van der Waals surface area contributed by atoms with Gasteiger partial charge >= 0.3 is 0 Å². The third kappa shape index (κ3) is 4.73. The van der Waals surface area contributed by atoms with Crippen LogP contribution in [0.5, 0.6) is 11.6 Å². The lowest BCUT2D eigenvalue weighted by Gasteiger charge is -2.10. The molecule has 0 aliphatic carbocycles. The summed E-state index contributed by atoms with van der Waals surface area (Å²) < 4.78 is 5.83. The van der Waals surface area contributed by atoms with Gasteiger partial charge in [-0.3, -0.25) is 9.59 Å². The molecule has 28 heavy (non-hydrogen) atoms. The Labute approximate surface area is 163 Å². The molecular formula is C22H21N3O3. The summed E-state index contributed by atoms with van der Waals surface area (Å²) in [7, 11) is 0. The molecule has 0 aliphatic heterocycles. The van der Waals surface area contributed by atoms with Crippen molar-refractivity contribution < 1.29 is 14.3 Å². The molecule has 0 bridgehead atoms. The van der Waals surface area contributed by atoms with Crippen LogP contribution in [0.1, 0.15) is 37.4 Å². The fourth-order valence-corrected chi connectivity index (χ4v) is 2.58. The maximum Gasteiger partial charge on any atom is 0.251 e. The van der Waals surface area contributed by atoms with Gasteiger partial charge in [-0.25, -0.2) is 4.98 Å². The molecule has 3 aromatic rings. The summed E-state index contributed by atoms with van der Waals surface area (Å²) in [5, 5.41) is 2.81. The predicted octanol–water partition coefficient (Wildman–Crippen LogP) is 3.52. The van der Waals surface area contributed by atoms with Crippen molar-refractivity contribution in [3.63, 3.8) is 0 Å². The van der Waals surface area contributed by atoms with Gasteiger partial charge in [-0.2, -0.15) is 0 Å². The van der Waals surface area contributed by atoms with Crippen LogP contribution in [0.25, 0.3) is 0 Å². The number of pyridine rings is 1. The van der Waals surface area contributed by atoms with Crippen LogP contribution < -0.4 is 15.8 Å². The van der Waals surface area contributed by atoms with Gasteiger partial charge in [0.2, 0.25) is 11.8 Å². The molecule has 0 radical (unpaired) electrons. The Bertz CT molecular complexity index is 997. The molecule has 1 heterocycles. The number of carbonyl (C=O) groups is 2. The van der Waals surface area contributed by atoms with Gasteiger partial charge in [0, 0.05) is 29.9 Å². The maximum absolute atomic E-state index is 12.2. The third-order valence-corrected chi connectivity index (χ3v) is 4.24. The molecule has 0 saturated carbocycles. The maximum atomic E-state index is 12.2. The van der Waals surface area contributed by atoms with Crippen LogP contribution in [-0.4, -0.2) is 16.8 Å². The second kappa shape index (κ2) is 8.35. The van der Waals surface area contributed by atoms with E-state index in [4.69, 9.17) is 10.5 Å². The number of benzene rings is 2. The molecule has 3 rings (SSSR count). The number of rotatable bonds is 6. The Morgan fingerprint density at radius 2 is 1.71 bits per heavy atom. The minimum absolute atomic E-state index is 0.244. The van der Waals surface area contributed by atoms with Gasteiger partial charge in [-0.1, -0.05) is 18.2 Å². The number of aryl methyl sites for hydroxylation is 2. The van der Waals surface area contributed by atoms with E-state index in [1.54, 1.807) is 24.4 Å². The Morgan fingerprint density at radius 1 is 1.00 bits per heavy atom. The van der Waals surface area contributed by atoms with Crippen molar-refractivity contribution in [3.8, 4) is 11.6 Å². The summed E-state index contributed by atoms with van der Waals surface area (Å²) in [5.74, 6) is 0.492. The Balaban J connectivity index is 1.59. The van der Waals surface area contributed by atoms with E-state index in [1.165, 1.54) is 12.1 Å². The Kier molecular flexibility index (Phi) is 5.69. The van der Waals surface area contributed by atoms with Crippen LogP contribution in [0.2, 0.25) is 0 Å². The highest BCUT2D eigenvalue weighted by atomic mass is 16.5. The molecule has 0 fully saturated rings. The highest BCUT2D eigenvalue weighted by Gasteiger charge is 2.08. The lowest BCUT2D eigenvalue weighted by atomic mass is 10.1. The number of ether oxygens (including phenoxy) is 1. The normalized spacial score (nSPS) is 10.4. The van der Waals surface area contributed by atoms with Crippen molar-refractivity contribution in [2.24, 2.45) is 5.73 Å².